The zero-order chi connectivity index (χ0) is 9.14. The molecule has 0 fully saturated rings. The first-order valence-electron chi connectivity index (χ1n) is 3.43. The number of anilines is 1. The van der Waals surface area contributed by atoms with Crippen molar-refractivity contribution in [1.82, 2.24) is 15.0 Å². The highest BCUT2D eigenvalue weighted by Crippen LogP contribution is 2.02. The number of carbonyl (C=O) groups is 1. The Morgan fingerprint density at radius 2 is 2.42 bits per heavy atom. The smallest absolute Gasteiger partial charge is 0.251 e. The van der Waals surface area contributed by atoms with Gasteiger partial charge in [0.15, 0.2) is 5.82 Å². The van der Waals surface area contributed by atoms with E-state index < -0.39 is 0 Å². The molecule has 1 N–H and O–H groups in total. The molecule has 0 bridgehead atoms. The average molecular weight is 166 g/mol. The zero-order valence-corrected chi connectivity index (χ0v) is 7.03. The summed E-state index contributed by atoms with van der Waals surface area (Å²) in [6.45, 7) is 5.14. The lowest BCUT2D eigenvalue weighted by molar-refractivity contribution is -0.112. The quantitative estimate of drug-likeness (QED) is 0.644. The number of nitrogens with one attached hydrogen (secondary N) is 1. The first kappa shape index (κ1) is 8.45. The lowest BCUT2D eigenvalue weighted by Gasteiger charge is -2.02. The molecule has 5 heteroatoms. The Hall–Kier alpha value is -1.65. The van der Waals surface area contributed by atoms with E-state index in [2.05, 4.69) is 22.2 Å². The van der Waals surface area contributed by atoms with Crippen molar-refractivity contribution in [3.63, 3.8) is 0 Å². The van der Waals surface area contributed by atoms with Gasteiger partial charge in [0.2, 0.25) is 0 Å². The number of carbonyl (C=O) groups excluding carboxylic acids is 1. The van der Waals surface area contributed by atoms with Crippen LogP contribution in [0, 0.1) is 0 Å². The predicted molar refractivity (Wildman–Crippen MR) is 44.4 cm³/mol. The third-order valence-electron chi connectivity index (χ3n) is 1.34. The third kappa shape index (κ3) is 1.69. The molecule has 0 aliphatic carbocycles. The highest BCUT2D eigenvalue weighted by molar-refractivity contribution is 6.02. The van der Waals surface area contributed by atoms with Gasteiger partial charge in [-0.15, -0.1) is 5.10 Å². The van der Waals surface area contributed by atoms with E-state index in [1.807, 2.05) is 0 Å². The fraction of sp³-hybridized carbons (Fsp3) is 0.286. The van der Waals surface area contributed by atoms with Crippen molar-refractivity contribution in [2.75, 3.05) is 5.32 Å². The van der Waals surface area contributed by atoms with E-state index in [1.165, 1.54) is 10.9 Å². The van der Waals surface area contributed by atoms with E-state index in [1.54, 1.807) is 14.0 Å². The minimum absolute atomic E-state index is 0.222. The Morgan fingerprint density at radius 3 is 2.83 bits per heavy atom. The number of rotatable bonds is 2. The number of amides is 1. The van der Waals surface area contributed by atoms with Crippen LogP contribution in [0.3, 0.4) is 0 Å². The Balaban J connectivity index is 2.71. The van der Waals surface area contributed by atoms with Crippen molar-refractivity contribution in [2.45, 2.75) is 6.92 Å². The van der Waals surface area contributed by atoms with Gasteiger partial charge < -0.3 is 5.32 Å². The second-order valence-electron chi connectivity index (χ2n) is 2.48. The summed E-state index contributed by atoms with van der Waals surface area (Å²) in [7, 11) is 1.70. The van der Waals surface area contributed by atoms with Crippen molar-refractivity contribution >= 4 is 11.7 Å². The van der Waals surface area contributed by atoms with Gasteiger partial charge in [-0.25, -0.2) is 4.68 Å². The van der Waals surface area contributed by atoms with Gasteiger partial charge in [-0.2, -0.15) is 0 Å². The van der Waals surface area contributed by atoms with Crippen LogP contribution in [0.1, 0.15) is 6.92 Å². The van der Waals surface area contributed by atoms with Crippen LogP contribution < -0.4 is 5.32 Å². The highest BCUT2D eigenvalue weighted by Gasteiger charge is 2.05. The van der Waals surface area contributed by atoms with Gasteiger partial charge in [-0.05, 0) is 6.92 Å². The normalized spacial score (nSPS) is 9.50. The number of nitrogens with zero attached hydrogens (tertiary/aromatic N) is 3. The summed E-state index contributed by atoms with van der Waals surface area (Å²) >= 11 is 0. The van der Waals surface area contributed by atoms with Crippen molar-refractivity contribution < 1.29 is 4.79 Å². The molecule has 1 amide bonds. The molecule has 0 saturated heterocycles. The number of aryl methyl sites for hydroxylation is 1. The summed E-state index contributed by atoms with van der Waals surface area (Å²) in [6.07, 6.45) is 1.47. The average Bonchev–Trinajstić information content (AvgIpc) is 2.36. The summed E-state index contributed by atoms with van der Waals surface area (Å²) in [5, 5.41) is 9.84. The Kier molecular flexibility index (Phi) is 2.23. The molecule has 1 heterocycles. The maximum Gasteiger partial charge on any atom is 0.251 e. The molecule has 1 rings (SSSR count). The Morgan fingerprint density at radius 1 is 1.75 bits per heavy atom. The largest absolute Gasteiger partial charge is 0.306 e. The molecule has 0 aromatic carbocycles. The monoisotopic (exact) mass is 166 g/mol. The van der Waals surface area contributed by atoms with E-state index in [0.717, 1.165) is 0 Å². The SMILES string of the molecule is C=C(C)C(=O)Nc1cnnn1C. The molecule has 64 valence electrons. The van der Waals surface area contributed by atoms with Crippen molar-refractivity contribution in [3.05, 3.63) is 18.3 Å². The molecule has 0 atom stereocenters. The van der Waals surface area contributed by atoms with Crippen LogP contribution >= 0.6 is 0 Å². The van der Waals surface area contributed by atoms with E-state index in [9.17, 15) is 4.79 Å². The van der Waals surface area contributed by atoms with E-state index in [4.69, 9.17) is 0 Å². The summed E-state index contributed by atoms with van der Waals surface area (Å²) in [6, 6.07) is 0. The van der Waals surface area contributed by atoms with Crippen molar-refractivity contribution in [2.24, 2.45) is 7.05 Å². The fourth-order valence-corrected chi connectivity index (χ4v) is 0.626. The minimum Gasteiger partial charge on any atom is -0.306 e. The second-order valence-corrected chi connectivity index (χ2v) is 2.48. The minimum atomic E-state index is -0.222. The summed E-state index contributed by atoms with van der Waals surface area (Å²) in [5.74, 6) is 0.336. The highest BCUT2D eigenvalue weighted by atomic mass is 16.1. The molecular weight excluding hydrogens is 156 g/mol. The molecular formula is C7H10N4O. The van der Waals surface area contributed by atoms with Crippen LogP contribution in [0.2, 0.25) is 0 Å². The first-order valence-corrected chi connectivity index (χ1v) is 3.43. The van der Waals surface area contributed by atoms with Crippen LogP contribution in [-0.2, 0) is 11.8 Å². The Bertz CT molecular complexity index is 315. The third-order valence-corrected chi connectivity index (χ3v) is 1.34. The van der Waals surface area contributed by atoms with Gasteiger partial charge >= 0.3 is 0 Å². The van der Waals surface area contributed by atoms with Crippen molar-refractivity contribution in [3.8, 4) is 0 Å². The van der Waals surface area contributed by atoms with Crippen LogP contribution in [0.15, 0.2) is 18.3 Å². The maximum atomic E-state index is 11.1. The maximum absolute atomic E-state index is 11.1. The molecule has 1 aromatic rings. The molecule has 0 aliphatic rings. The molecule has 12 heavy (non-hydrogen) atoms. The van der Waals surface area contributed by atoms with Crippen molar-refractivity contribution in [1.29, 1.82) is 0 Å². The van der Waals surface area contributed by atoms with Gasteiger partial charge in [-0.1, -0.05) is 11.8 Å². The topological polar surface area (TPSA) is 59.8 Å². The predicted octanol–water partition coefficient (Wildman–Crippen LogP) is 0.330. The lowest BCUT2D eigenvalue weighted by atomic mass is 10.3. The lowest BCUT2D eigenvalue weighted by Crippen LogP contribution is -2.14. The van der Waals surface area contributed by atoms with Crippen LogP contribution in [0.4, 0.5) is 5.82 Å². The van der Waals surface area contributed by atoms with Crippen LogP contribution in [0.25, 0.3) is 0 Å². The van der Waals surface area contributed by atoms with E-state index in [0.29, 0.717) is 11.4 Å². The summed E-state index contributed by atoms with van der Waals surface area (Å²) in [5.41, 5.74) is 0.455. The number of aromatic nitrogens is 3. The van der Waals surface area contributed by atoms with Gasteiger partial charge in [0.25, 0.3) is 5.91 Å². The Labute approximate surface area is 70.1 Å². The molecule has 0 unspecified atom stereocenters. The second kappa shape index (κ2) is 3.17. The van der Waals surface area contributed by atoms with Gasteiger partial charge in [0.1, 0.15) is 0 Å². The summed E-state index contributed by atoms with van der Waals surface area (Å²) < 4.78 is 1.47. The van der Waals surface area contributed by atoms with Crippen LogP contribution in [-0.4, -0.2) is 20.9 Å². The number of hydrogen-bond acceptors (Lipinski definition) is 3. The van der Waals surface area contributed by atoms with Gasteiger partial charge in [-0.3, -0.25) is 4.79 Å². The van der Waals surface area contributed by atoms with E-state index >= 15 is 0 Å². The molecule has 0 saturated carbocycles. The van der Waals surface area contributed by atoms with Gasteiger partial charge in [0.05, 0.1) is 6.20 Å². The molecule has 0 aliphatic heterocycles. The number of hydrogen-bond donors (Lipinski definition) is 1. The molecule has 1 aromatic heterocycles. The summed E-state index contributed by atoms with van der Waals surface area (Å²) in [4.78, 5) is 11.1. The van der Waals surface area contributed by atoms with E-state index in [-0.39, 0.29) is 5.91 Å². The fourth-order valence-electron chi connectivity index (χ4n) is 0.626. The zero-order valence-electron chi connectivity index (χ0n) is 7.03. The van der Waals surface area contributed by atoms with Gasteiger partial charge in [0, 0.05) is 12.6 Å². The standard InChI is InChI=1S/C7H10N4O/c1-5(2)7(12)9-6-4-8-10-11(6)3/h4H,1H2,2-3H3,(H,9,12). The molecule has 5 nitrogen and oxygen atoms in total. The first-order chi connectivity index (χ1) is 5.61. The molecule has 0 spiro atoms. The molecule has 0 radical (unpaired) electrons. The van der Waals surface area contributed by atoms with Crippen LogP contribution in [0.5, 0.6) is 0 Å².